The van der Waals surface area contributed by atoms with Crippen molar-refractivity contribution in [1.82, 2.24) is 54.0 Å². The van der Waals surface area contributed by atoms with Crippen molar-refractivity contribution in [2.45, 2.75) is 116 Å². The first-order chi connectivity index (χ1) is 39.3. The van der Waals surface area contributed by atoms with Crippen LogP contribution in [0.3, 0.4) is 0 Å². The Bertz CT molecular complexity index is 3530. The van der Waals surface area contributed by atoms with Crippen LogP contribution in [0.4, 0.5) is 39.5 Å². The minimum atomic E-state index is -4.64. The van der Waals surface area contributed by atoms with Crippen LogP contribution < -0.4 is 18.9 Å². The summed E-state index contributed by atoms with van der Waals surface area (Å²) in [5, 5.41) is 0. The first kappa shape index (κ1) is 56.8. The van der Waals surface area contributed by atoms with Gasteiger partial charge < -0.3 is 32.8 Å². The summed E-state index contributed by atoms with van der Waals surface area (Å²) in [4.78, 5) is 42.4. The molecule has 4 aliphatic carbocycles. The third kappa shape index (κ3) is 13.5. The predicted molar refractivity (Wildman–Crippen MR) is 278 cm³/mol. The number of ether oxygens (including phenoxy) is 5. The first-order valence-corrected chi connectivity index (χ1v) is 26.1. The summed E-state index contributed by atoms with van der Waals surface area (Å²) in [6, 6.07) is 9.62. The van der Waals surface area contributed by atoms with Crippen LogP contribution in [0.25, 0.3) is 39.9 Å². The Labute approximate surface area is 463 Å². The van der Waals surface area contributed by atoms with E-state index >= 15 is 4.39 Å². The van der Waals surface area contributed by atoms with Gasteiger partial charge in [-0.3, -0.25) is 4.99 Å². The molecule has 4 saturated carbocycles. The minimum Gasteiger partial charge on any atom is -0.490 e. The van der Waals surface area contributed by atoms with Crippen LogP contribution in [0.2, 0.25) is 0 Å². The molecule has 1 aromatic carbocycles. The molecule has 0 spiro atoms. The van der Waals surface area contributed by atoms with Crippen molar-refractivity contribution in [3.63, 3.8) is 0 Å². The van der Waals surface area contributed by atoms with Gasteiger partial charge >= 0.3 is 19.0 Å². The van der Waals surface area contributed by atoms with E-state index in [1.807, 2.05) is 0 Å². The lowest BCUT2D eigenvalue weighted by molar-refractivity contribution is -0.141. The molecule has 430 valence electrons. The molecular weight excluding hydrogens is 1090 g/mol. The normalized spacial score (nSPS) is 15.7. The van der Waals surface area contributed by atoms with Crippen LogP contribution in [-0.4, -0.2) is 81.0 Å². The lowest BCUT2D eigenvalue weighted by atomic mass is 10.1. The Kier molecular flexibility index (Phi) is 16.3. The zero-order valence-electron chi connectivity index (χ0n) is 44.6. The van der Waals surface area contributed by atoms with Gasteiger partial charge in [-0.25, -0.2) is 39.3 Å². The van der Waals surface area contributed by atoms with E-state index in [1.165, 1.54) is 43.6 Å². The summed E-state index contributed by atoms with van der Waals surface area (Å²) < 4.78 is 151. The summed E-state index contributed by atoms with van der Waals surface area (Å²) in [6.45, 7) is 4.34. The number of allylic oxidation sites excluding steroid dienone is 2. The van der Waals surface area contributed by atoms with E-state index in [1.54, 1.807) is 55.0 Å². The molecule has 0 radical (unpaired) electrons. The number of alkyl halides is 8. The van der Waals surface area contributed by atoms with Gasteiger partial charge in [0.05, 0.1) is 37.4 Å². The Morgan fingerprint density at radius 2 is 1.48 bits per heavy atom. The van der Waals surface area contributed by atoms with Crippen LogP contribution in [0.15, 0.2) is 90.5 Å². The number of hydrogen-bond donors (Lipinski definition) is 0. The molecule has 0 aliphatic heterocycles. The first-order valence-electron chi connectivity index (χ1n) is 26.1. The molecule has 7 aromatic rings. The van der Waals surface area contributed by atoms with Crippen LogP contribution in [-0.2, 0) is 36.8 Å². The van der Waals surface area contributed by atoms with E-state index in [2.05, 4.69) is 61.2 Å². The zero-order valence-corrected chi connectivity index (χ0v) is 44.6. The molecule has 6 aromatic heterocycles. The summed E-state index contributed by atoms with van der Waals surface area (Å²) in [6.07, 6.45) is 5.64. The molecule has 82 heavy (non-hydrogen) atoms. The molecule has 4 aliphatic rings. The van der Waals surface area contributed by atoms with Gasteiger partial charge in [0.1, 0.15) is 42.4 Å². The summed E-state index contributed by atoms with van der Waals surface area (Å²) in [5.74, 6) is 0.829. The molecule has 0 saturated heterocycles. The van der Waals surface area contributed by atoms with Crippen molar-refractivity contribution in [2.75, 3.05) is 14.2 Å². The third-order valence-electron chi connectivity index (χ3n) is 13.5. The summed E-state index contributed by atoms with van der Waals surface area (Å²) in [7, 11) is 2.92. The van der Waals surface area contributed by atoms with Gasteiger partial charge in [0, 0.05) is 72.1 Å². The maximum atomic E-state index is 15.2. The van der Waals surface area contributed by atoms with Crippen LogP contribution in [0.5, 0.6) is 23.4 Å². The fourth-order valence-electron chi connectivity index (χ4n) is 8.89. The Morgan fingerprint density at radius 3 is 2.10 bits per heavy atom. The van der Waals surface area contributed by atoms with Gasteiger partial charge in [0.2, 0.25) is 11.8 Å². The number of methoxy groups -OCH3 is 2. The number of aromatic nitrogens is 11. The average Bonchev–Trinajstić information content (AvgIpc) is 4.10. The van der Waals surface area contributed by atoms with Gasteiger partial charge in [-0.05, 0) is 82.8 Å². The van der Waals surface area contributed by atoms with Crippen molar-refractivity contribution < 1.29 is 63.2 Å². The molecule has 0 N–H and O–H groups in total. The quantitative estimate of drug-likeness (QED) is 0.0286. The molecule has 6 heterocycles. The molecular formula is C56H53F9N12O5. The fraction of sp³-hybridized carbons (Fsp3) is 0.393. The monoisotopic (exact) mass is 1140 g/mol. The number of aliphatic imine (C=N–C) groups is 1. The van der Waals surface area contributed by atoms with Crippen LogP contribution in [0.1, 0.15) is 110 Å². The highest BCUT2D eigenvalue weighted by atomic mass is 19.4. The number of aryl methyl sites for hydroxylation is 1. The molecule has 17 nitrogen and oxygen atoms in total. The van der Waals surface area contributed by atoms with Crippen LogP contribution in [0, 0.1) is 24.6 Å². The number of pyridine rings is 1. The third-order valence-corrected chi connectivity index (χ3v) is 13.5. The smallest absolute Gasteiger partial charge is 0.434 e. The second-order valence-electron chi connectivity index (χ2n) is 20.0. The Hall–Kier alpha value is -8.45. The molecule has 11 rings (SSSR count). The minimum absolute atomic E-state index is 0.00981. The van der Waals surface area contributed by atoms with E-state index in [0.29, 0.717) is 57.8 Å². The molecule has 0 amide bonds. The highest BCUT2D eigenvalue weighted by molar-refractivity contribution is 5.78. The van der Waals surface area contributed by atoms with Crippen molar-refractivity contribution in [2.24, 2.45) is 16.8 Å². The van der Waals surface area contributed by atoms with Crippen LogP contribution >= 0.6 is 0 Å². The number of halogens is 9. The van der Waals surface area contributed by atoms with E-state index in [4.69, 9.17) is 18.9 Å². The summed E-state index contributed by atoms with van der Waals surface area (Å²) >= 11 is 0. The van der Waals surface area contributed by atoms with Crippen molar-refractivity contribution in [3.05, 3.63) is 131 Å². The maximum Gasteiger partial charge on any atom is 0.434 e. The highest BCUT2D eigenvalue weighted by Crippen LogP contribution is 2.46. The lowest BCUT2D eigenvalue weighted by Crippen LogP contribution is -2.08. The van der Waals surface area contributed by atoms with E-state index in [-0.39, 0.29) is 83.1 Å². The van der Waals surface area contributed by atoms with Crippen molar-refractivity contribution in [1.29, 1.82) is 0 Å². The number of nitrogens with zero attached hydrogens (tertiary/aromatic N) is 12. The van der Waals surface area contributed by atoms with Crippen molar-refractivity contribution in [3.8, 4) is 57.7 Å². The van der Waals surface area contributed by atoms with Gasteiger partial charge in [0.15, 0.2) is 40.4 Å². The van der Waals surface area contributed by atoms with E-state index in [9.17, 15) is 35.1 Å². The van der Waals surface area contributed by atoms with Gasteiger partial charge in [-0.2, -0.15) is 45.1 Å². The largest absolute Gasteiger partial charge is 0.490 e. The second kappa shape index (κ2) is 23.6. The molecule has 0 bridgehead atoms. The summed E-state index contributed by atoms with van der Waals surface area (Å²) in [5.41, 5.74) is 2.07. The Morgan fingerprint density at radius 1 is 0.768 bits per heavy atom. The maximum absolute atomic E-state index is 15.2. The van der Waals surface area contributed by atoms with Gasteiger partial charge in [0.25, 0.3) is 5.88 Å². The Balaban J connectivity index is 0.000000184. The number of imidazole rings is 2. The second-order valence-corrected chi connectivity index (χ2v) is 20.0. The average molecular weight is 1150 g/mol. The zero-order chi connectivity index (χ0) is 58.0. The molecule has 4 fully saturated rings. The highest BCUT2D eigenvalue weighted by Gasteiger charge is 2.39. The topological polar surface area (TPSA) is 184 Å². The molecule has 26 heteroatoms. The SMILES string of the molecule is C=C(OC(F)F)/C(=C(\N=CC)C1CC1)c1ncc(OC)c(OCc2ccc(-c3nc(C(F)(F)F)cn3C3CC3)cc2)n1.COc1ncnc(C2CC2)c1-c1nc(C)cc(OCc2cnc(-c3nc(C(F)(F)F)cn3CC3CC3)c(F)c2)n1. The van der Waals surface area contributed by atoms with E-state index < -0.39 is 36.2 Å². The standard InChI is InChI=1S/C29H28F5N5O3.C27H25F4N7O2/c1-4-35-24(18-9-10-18)23(16(2)42-28(30)31)25-36-13-21(40-3)27(38-25)41-15-17-5-7-19(8-6-17)26-37-22(29(32,33)34)14-39(26)20-11-12-20;1-14-7-20(37-24(35-14)21-22(17-5-6-17)33-13-34-26(21)39-2)40-12-16-8-18(28)23(32-9-16)25-36-19(27(29,30)31)11-38(25)10-15-3-4-15/h4-8,13-14,18,20,28H,2,9-12,15H2,1,3H3;7-9,11,13,15,17H,3-6,10,12H2,1-2H3/b24-23+,35-4?;. The molecule has 0 unspecified atom stereocenters. The fourth-order valence-corrected chi connectivity index (χ4v) is 8.89. The predicted octanol–water partition coefficient (Wildman–Crippen LogP) is 12.8. The number of benzene rings is 1. The lowest BCUT2D eigenvalue weighted by Gasteiger charge is -2.16. The number of hydrogen-bond acceptors (Lipinski definition) is 15. The van der Waals surface area contributed by atoms with Gasteiger partial charge in [-0.1, -0.05) is 30.8 Å². The van der Waals surface area contributed by atoms with E-state index in [0.717, 1.165) is 69.5 Å². The number of rotatable bonds is 21. The van der Waals surface area contributed by atoms with Crippen molar-refractivity contribution >= 4 is 11.8 Å². The molecule has 0 atom stereocenters. The van der Waals surface area contributed by atoms with Gasteiger partial charge in [-0.15, -0.1) is 0 Å².